The van der Waals surface area contributed by atoms with Crippen molar-refractivity contribution in [2.75, 3.05) is 13.1 Å². The average molecular weight is 327 g/mol. The number of carbonyl (C=O) groups excluding carboxylic acids is 1. The van der Waals surface area contributed by atoms with E-state index in [9.17, 15) is 9.18 Å². The molecule has 0 saturated carbocycles. The molecule has 1 aromatic rings. The van der Waals surface area contributed by atoms with Crippen LogP contribution in [-0.2, 0) is 0 Å². The summed E-state index contributed by atoms with van der Waals surface area (Å²) in [5, 5.41) is 3.55. The van der Waals surface area contributed by atoms with Crippen LogP contribution in [0.1, 0.15) is 29.6 Å². The third-order valence-electron chi connectivity index (χ3n) is 3.98. The zero-order chi connectivity index (χ0) is 13.4. The molecule has 19 heavy (non-hydrogen) atoms. The molecule has 1 aromatic carbocycles. The van der Waals surface area contributed by atoms with Gasteiger partial charge in [0.05, 0.1) is 4.47 Å². The molecule has 2 fully saturated rings. The van der Waals surface area contributed by atoms with E-state index in [1.165, 1.54) is 12.5 Å². The topological polar surface area (TPSA) is 32.3 Å². The lowest BCUT2D eigenvalue weighted by Gasteiger charge is -2.24. The van der Waals surface area contributed by atoms with E-state index in [0.717, 1.165) is 25.9 Å². The first-order chi connectivity index (χ1) is 9.13. The van der Waals surface area contributed by atoms with Gasteiger partial charge in [0.25, 0.3) is 5.91 Å². The lowest BCUT2D eigenvalue weighted by molar-refractivity contribution is 0.0748. The molecule has 0 spiro atoms. The van der Waals surface area contributed by atoms with Gasteiger partial charge in [0.1, 0.15) is 5.82 Å². The summed E-state index contributed by atoms with van der Waals surface area (Å²) in [5.74, 6) is -0.344. The van der Waals surface area contributed by atoms with Crippen molar-refractivity contribution >= 4 is 21.8 Å². The Morgan fingerprint density at radius 3 is 2.89 bits per heavy atom. The van der Waals surface area contributed by atoms with Gasteiger partial charge in [-0.15, -0.1) is 0 Å². The second kappa shape index (κ2) is 5.21. The summed E-state index contributed by atoms with van der Waals surface area (Å²) >= 11 is 3.13. The number of nitrogens with one attached hydrogen (secondary N) is 1. The van der Waals surface area contributed by atoms with E-state index in [1.54, 1.807) is 12.1 Å². The second-order valence-electron chi connectivity index (χ2n) is 5.31. The highest BCUT2D eigenvalue weighted by atomic mass is 79.9. The molecule has 2 aliphatic rings. The third kappa shape index (κ3) is 2.67. The normalized spacial score (nSPS) is 26.3. The molecule has 2 heterocycles. The van der Waals surface area contributed by atoms with Crippen molar-refractivity contribution in [2.24, 2.45) is 0 Å². The van der Waals surface area contributed by atoms with Crippen molar-refractivity contribution in [2.45, 2.75) is 31.3 Å². The molecule has 2 saturated heterocycles. The molecule has 0 aromatic heterocycles. The lowest BCUT2D eigenvalue weighted by atomic mass is 10.1. The number of amides is 1. The van der Waals surface area contributed by atoms with Crippen LogP contribution in [0.2, 0.25) is 0 Å². The van der Waals surface area contributed by atoms with Crippen LogP contribution in [0.25, 0.3) is 0 Å². The number of rotatable bonds is 1. The molecule has 2 bridgehead atoms. The van der Waals surface area contributed by atoms with Crippen LogP contribution in [0.5, 0.6) is 0 Å². The third-order valence-corrected chi connectivity index (χ3v) is 4.58. The van der Waals surface area contributed by atoms with Crippen LogP contribution < -0.4 is 5.32 Å². The summed E-state index contributed by atoms with van der Waals surface area (Å²) in [4.78, 5) is 14.3. The number of hydrogen-bond donors (Lipinski definition) is 1. The zero-order valence-electron chi connectivity index (χ0n) is 10.5. The average Bonchev–Trinajstić information content (AvgIpc) is 2.72. The first kappa shape index (κ1) is 13.1. The highest BCUT2D eigenvalue weighted by Crippen LogP contribution is 2.23. The van der Waals surface area contributed by atoms with E-state index in [1.807, 2.05) is 4.90 Å². The van der Waals surface area contributed by atoms with Crippen LogP contribution in [0.3, 0.4) is 0 Å². The van der Waals surface area contributed by atoms with E-state index in [0.29, 0.717) is 22.1 Å². The van der Waals surface area contributed by atoms with Gasteiger partial charge in [0, 0.05) is 30.7 Å². The monoisotopic (exact) mass is 326 g/mol. The van der Waals surface area contributed by atoms with E-state index < -0.39 is 0 Å². The zero-order valence-corrected chi connectivity index (χ0v) is 12.1. The SMILES string of the molecule is O=C(c1ccc(F)c(Br)c1)N1CC[C@H]2CC[C@@H](C1)N2. The van der Waals surface area contributed by atoms with Crippen LogP contribution in [-0.4, -0.2) is 36.0 Å². The number of halogens is 2. The van der Waals surface area contributed by atoms with Gasteiger partial charge < -0.3 is 10.2 Å². The molecule has 2 aliphatic heterocycles. The van der Waals surface area contributed by atoms with Gasteiger partial charge in [-0.05, 0) is 53.4 Å². The van der Waals surface area contributed by atoms with Gasteiger partial charge in [-0.3, -0.25) is 4.79 Å². The molecule has 3 nitrogen and oxygen atoms in total. The number of fused-ring (bicyclic) bond motifs is 2. The van der Waals surface area contributed by atoms with Crippen molar-refractivity contribution in [3.05, 3.63) is 34.1 Å². The molecule has 5 heteroatoms. The van der Waals surface area contributed by atoms with Crippen LogP contribution >= 0.6 is 15.9 Å². The summed E-state index contributed by atoms with van der Waals surface area (Å²) in [6.45, 7) is 1.53. The molecule has 0 aliphatic carbocycles. The van der Waals surface area contributed by atoms with Gasteiger partial charge in [0.15, 0.2) is 0 Å². The minimum absolute atomic E-state index is 0.00458. The predicted molar refractivity (Wildman–Crippen MR) is 74.6 cm³/mol. The molecule has 1 N–H and O–H groups in total. The summed E-state index contributed by atoms with van der Waals surface area (Å²) in [5.41, 5.74) is 0.547. The first-order valence-electron chi connectivity index (χ1n) is 6.64. The van der Waals surface area contributed by atoms with E-state index in [2.05, 4.69) is 21.2 Å². The van der Waals surface area contributed by atoms with E-state index in [-0.39, 0.29) is 11.7 Å². The lowest BCUT2D eigenvalue weighted by Crippen LogP contribution is -2.39. The minimum atomic E-state index is -0.340. The van der Waals surface area contributed by atoms with Gasteiger partial charge >= 0.3 is 0 Å². The maximum absolute atomic E-state index is 13.2. The molecule has 2 atom stereocenters. The van der Waals surface area contributed by atoms with Gasteiger partial charge in [0.2, 0.25) is 0 Å². The Bertz CT molecular complexity index is 508. The van der Waals surface area contributed by atoms with Crippen molar-refractivity contribution in [3.8, 4) is 0 Å². The number of hydrogen-bond acceptors (Lipinski definition) is 2. The summed E-state index contributed by atoms with van der Waals surface area (Å²) in [6.07, 6.45) is 3.36. The van der Waals surface area contributed by atoms with Gasteiger partial charge in [-0.2, -0.15) is 0 Å². The Hall–Kier alpha value is -0.940. The summed E-state index contributed by atoms with van der Waals surface area (Å²) in [6, 6.07) is 5.43. The molecule has 0 unspecified atom stereocenters. The molecular weight excluding hydrogens is 311 g/mol. The number of likely N-dealkylation sites (tertiary alicyclic amines) is 1. The van der Waals surface area contributed by atoms with Crippen molar-refractivity contribution in [3.63, 3.8) is 0 Å². The maximum Gasteiger partial charge on any atom is 0.253 e. The van der Waals surface area contributed by atoms with Gasteiger partial charge in [-0.25, -0.2) is 4.39 Å². The van der Waals surface area contributed by atoms with Crippen LogP contribution in [0.15, 0.2) is 22.7 Å². The van der Waals surface area contributed by atoms with E-state index in [4.69, 9.17) is 0 Å². The Kier molecular flexibility index (Phi) is 3.58. The Morgan fingerprint density at radius 1 is 1.32 bits per heavy atom. The van der Waals surface area contributed by atoms with Crippen LogP contribution in [0, 0.1) is 5.82 Å². The molecule has 102 valence electrons. The minimum Gasteiger partial charge on any atom is -0.337 e. The first-order valence-corrected chi connectivity index (χ1v) is 7.43. The number of benzene rings is 1. The van der Waals surface area contributed by atoms with Gasteiger partial charge in [-0.1, -0.05) is 0 Å². The quantitative estimate of drug-likeness (QED) is 0.860. The summed E-state index contributed by atoms with van der Waals surface area (Å²) < 4.78 is 13.6. The maximum atomic E-state index is 13.2. The van der Waals surface area contributed by atoms with Crippen molar-refractivity contribution in [1.29, 1.82) is 0 Å². The molecule has 3 rings (SSSR count). The largest absolute Gasteiger partial charge is 0.337 e. The second-order valence-corrected chi connectivity index (χ2v) is 6.16. The highest BCUT2D eigenvalue weighted by Gasteiger charge is 2.31. The standard InChI is InChI=1S/C14H16BrFN2O/c15-12-7-9(1-4-13(12)16)14(19)18-6-5-10-2-3-11(8-18)17-10/h1,4,7,10-11,17H,2-3,5-6,8H2/t10-,11+/m1/s1. The smallest absolute Gasteiger partial charge is 0.253 e. The van der Waals surface area contributed by atoms with E-state index >= 15 is 0 Å². The Balaban J connectivity index is 1.77. The van der Waals surface area contributed by atoms with Crippen molar-refractivity contribution in [1.82, 2.24) is 10.2 Å². The number of carbonyl (C=O) groups is 1. The Labute approximate surface area is 120 Å². The molecule has 1 amide bonds. The highest BCUT2D eigenvalue weighted by molar-refractivity contribution is 9.10. The molecule has 0 radical (unpaired) electrons. The fourth-order valence-corrected chi connectivity index (χ4v) is 3.32. The predicted octanol–water partition coefficient (Wildman–Crippen LogP) is 2.55. The summed E-state index contributed by atoms with van der Waals surface area (Å²) in [7, 11) is 0. The van der Waals surface area contributed by atoms with Crippen LogP contribution in [0.4, 0.5) is 4.39 Å². The Morgan fingerprint density at radius 2 is 2.11 bits per heavy atom. The fraction of sp³-hybridized carbons (Fsp3) is 0.500. The molecular formula is C14H16BrFN2O. The fourth-order valence-electron chi connectivity index (χ4n) is 2.94. The van der Waals surface area contributed by atoms with Crippen molar-refractivity contribution < 1.29 is 9.18 Å². The number of nitrogens with zero attached hydrogens (tertiary/aromatic N) is 1.